The van der Waals surface area contributed by atoms with E-state index in [1.807, 2.05) is 6.92 Å². The topological polar surface area (TPSA) is 49.4 Å². The number of anilines is 1. The number of rotatable bonds is 3. The lowest BCUT2D eigenvalue weighted by Crippen LogP contribution is -2.69. The summed E-state index contributed by atoms with van der Waals surface area (Å²) in [7, 11) is 0. The lowest BCUT2D eigenvalue weighted by Gasteiger charge is -2.44. The van der Waals surface area contributed by atoms with Crippen LogP contribution in [0.5, 0.6) is 0 Å². The zero-order valence-corrected chi connectivity index (χ0v) is 13.8. The number of halogens is 2. The van der Waals surface area contributed by atoms with Crippen LogP contribution >= 0.6 is 15.9 Å². The van der Waals surface area contributed by atoms with Crippen molar-refractivity contribution in [3.8, 4) is 0 Å². The van der Waals surface area contributed by atoms with E-state index in [4.69, 9.17) is 0 Å². The SMILES string of the molecule is CCC1C(=O)NC(C)(CC)C(=O)N1c1c(F)cccc1Br. The summed E-state index contributed by atoms with van der Waals surface area (Å²) < 4.78 is 14.7. The normalized spacial score (nSPS) is 26.0. The monoisotopic (exact) mass is 356 g/mol. The molecule has 0 spiro atoms. The Bertz CT molecular complexity index is 573. The maximum absolute atomic E-state index is 14.2. The molecular weight excluding hydrogens is 339 g/mol. The van der Waals surface area contributed by atoms with Gasteiger partial charge in [-0.1, -0.05) is 19.9 Å². The van der Waals surface area contributed by atoms with E-state index in [9.17, 15) is 14.0 Å². The van der Waals surface area contributed by atoms with Crippen molar-refractivity contribution in [1.82, 2.24) is 5.32 Å². The van der Waals surface area contributed by atoms with Crippen LogP contribution in [0.2, 0.25) is 0 Å². The molecule has 114 valence electrons. The van der Waals surface area contributed by atoms with Crippen molar-refractivity contribution in [2.75, 3.05) is 4.90 Å². The van der Waals surface area contributed by atoms with Gasteiger partial charge < -0.3 is 5.32 Å². The Morgan fingerprint density at radius 2 is 2.05 bits per heavy atom. The first-order valence-electron chi connectivity index (χ1n) is 6.95. The molecule has 1 aromatic rings. The summed E-state index contributed by atoms with van der Waals surface area (Å²) in [5, 5.41) is 2.76. The minimum atomic E-state index is -1.01. The van der Waals surface area contributed by atoms with Gasteiger partial charge in [0.15, 0.2) is 0 Å². The highest BCUT2D eigenvalue weighted by molar-refractivity contribution is 9.10. The lowest BCUT2D eigenvalue weighted by molar-refractivity contribution is -0.138. The van der Waals surface area contributed by atoms with E-state index in [1.165, 1.54) is 11.0 Å². The molecule has 1 fully saturated rings. The summed E-state index contributed by atoms with van der Waals surface area (Å²) >= 11 is 3.28. The second kappa shape index (κ2) is 5.75. The third-order valence-electron chi connectivity index (χ3n) is 3.98. The fraction of sp³-hybridized carbons (Fsp3) is 0.467. The van der Waals surface area contributed by atoms with Crippen molar-refractivity contribution >= 4 is 33.4 Å². The summed E-state index contributed by atoms with van der Waals surface area (Å²) in [4.78, 5) is 26.4. The number of benzene rings is 1. The number of nitrogens with zero attached hydrogens (tertiary/aromatic N) is 1. The Balaban J connectivity index is 2.61. The third-order valence-corrected chi connectivity index (χ3v) is 4.62. The second-order valence-corrected chi connectivity index (χ2v) is 6.20. The maximum Gasteiger partial charge on any atom is 0.253 e. The van der Waals surface area contributed by atoms with Crippen molar-refractivity contribution in [2.45, 2.75) is 45.2 Å². The molecule has 0 aliphatic carbocycles. The standard InChI is InChI=1S/C15H18BrFN2O2/c1-4-11-13(20)18-15(3,5-2)14(21)19(11)12-9(16)7-6-8-10(12)17/h6-8,11H,4-5H2,1-3H3,(H,18,20). The molecule has 0 bridgehead atoms. The molecular formula is C15H18BrFN2O2. The molecule has 0 aromatic heterocycles. The third kappa shape index (κ3) is 2.57. The molecule has 1 saturated heterocycles. The van der Waals surface area contributed by atoms with Gasteiger partial charge in [0.05, 0.1) is 5.69 Å². The highest BCUT2D eigenvalue weighted by Gasteiger charge is 2.48. The first kappa shape index (κ1) is 15.9. The predicted molar refractivity (Wildman–Crippen MR) is 82.5 cm³/mol. The first-order chi connectivity index (χ1) is 9.85. The van der Waals surface area contributed by atoms with E-state index in [0.717, 1.165) is 0 Å². The van der Waals surface area contributed by atoms with Gasteiger partial charge in [-0.15, -0.1) is 0 Å². The molecule has 1 N–H and O–H groups in total. The molecule has 2 rings (SSSR count). The van der Waals surface area contributed by atoms with Crippen LogP contribution in [0.4, 0.5) is 10.1 Å². The average Bonchev–Trinajstić information content (AvgIpc) is 2.44. The lowest BCUT2D eigenvalue weighted by atomic mass is 9.90. The summed E-state index contributed by atoms with van der Waals surface area (Å²) in [5.41, 5.74) is -0.881. The Morgan fingerprint density at radius 3 is 2.57 bits per heavy atom. The highest BCUT2D eigenvalue weighted by atomic mass is 79.9. The van der Waals surface area contributed by atoms with Crippen LogP contribution in [-0.4, -0.2) is 23.4 Å². The number of piperazine rings is 1. The Morgan fingerprint density at radius 1 is 1.38 bits per heavy atom. The van der Waals surface area contributed by atoms with Gasteiger partial charge in [-0.25, -0.2) is 4.39 Å². The Hall–Kier alpha value is -1.43. The van der Waals surface area contributed by atoms with Gasteiger partial charge in [0.1, 0.15) is 17.4 Å². The summed E-state index contributed by atoms with van der Waals surface area (Å²) in [5.74, 6) is -1.07. The predicted octanol–water partition coefficient (Wildman–Crippen LogP) is 3.00. The molecule has 4 nitrogen and oxygen atoms in total. The quantitative estimate of drug-likeness (QED) is 0.904. The number of nitrogens with one attached hydrogen (secondary N) is 1. The summed E-state index contributed by atoms with van der Waals surface area (Å²) in [6, 6.07) is 3.80. The second-order valence-electron chi connectivity index (χ2n) is 5.34. The van der Waals surface area contributed by atoms with E-state index in [2.05, 4.69) is 21.2 Å². The van der Waals surface area contributed by atoms with Crippen molar-refractivity contribution in [2.24, 2.45) is 0 Å². The molecule has 1 aromatic carbocycles. The van der Waals surface area contributed by atoms with Gasteiger partial charge in [0.2, 0.25) is 5.91 Å². The van der Waals surface area contributed by atoms with Gasteiger partial charge in [0, 0.05) is 4.47 Å². The minimum absolute atomic E-state index is 0.129. The fourth-order valence-electron chi connectivity index (χ4n) is 2.52. The number of hydrogen-bond donors (Lipinski definition) is 1. The van der Waals surface area contributed by atoms with Crippen LogP contribution in [0.25, 0.3) is 0 Å². The van der Waals surface area contributed by atoms with Crippen LogP contribution in [0.1, 0.15) is 33.6 Å². The number of amides is 2. The number of carbonyl (C=O) groups excluding carboxylic acids is 2. The highest BCUT2D eigenvalue weighted by Crippen LogP contribution is 2.35. The summed E-state index contributed by atoms with van der Waals surface area (Å²) in [6.07, 6.45) is 0.856. The van der Waals surface area contributed by atoms with Gasteiger partial charge >= 0.3 is 0 Å². The molecule has 2 amide bonds. The van der Waals surface area contributed by atoms with Gasteiger partial charge in [-0.05, 0) is 47.8 Å². The molecule has 6 heteroatoms. The molecule has 1 aliphatic rings. The average molecular weight is 357 g/mol. The Labute approximate surface area is 131 Å². The van der Waals surface area contributed by atoms with E-state index >= 15 is 0 Å². The molecule has 21 heavy (non-hydrogen) atoms. The van der Waals surface area contributed by atoms with Crippen molar-refractivity contribution in [3.05, 3.63) is 28.5 Å². The first-order valence-corrected chi connectivity index (χ1v) is 7.74. The van der Waals surface area contributed by atoms with Crippen LogP contribution < -0.4 is 10.2 Å². The van der Waals surface area contributed by atoms with Crippen molar-refractivity contribution in [1.29, 1.82) is 0 Å². The molecule has 1 heterocycles. The van der Waals surface area contributed by atoms with E-state index in [-0.39, 0.29) is 17.5 Å². The van der Waals surface area contributed by atoms with Crippen molar-refractivity contribution in [3.63, 3.8) is 0 Å². The molecule has 0 radical (unpaired) electrons. The largest absolute Gasteiger partial charge is 0.340 e. The van der Waals surface area contributed by atoms with Crippen LogP contribution in [-0.2, 0) is 9.59 Å². The van der Waals surface area contributed by atoms with E-state index in [1.54, 1.807) is 26.0 Å². The molecule has 0 saturated carbocycles. The smallest absolute Gasteiger partial charge is 0.253 e. The van der Waals surface area contributed by atoms with Gasteiger partial charge in [0.25, 0.3) is 5.91 Å². The molecule has 2 atom stereocenters. The minimum Gasteiger partial charge on any atom is -0.340 e. The summed E-state index contributed by atoms with van der Waals surface area (Å²) in [6.45, 7) is 5.29. The molecule has 2 unspecified atom stereocenters. The molecule has 1 aliphatic heterocycles. The van der Waals surface area contributed by atoms with Gasteiger partial charge in [-0.2, -0.15) is 0 Å². The van der Waals surface area contributed by atoms with Crippen LogP contribution in [0.3, 0.4) is 0 Å². The number of hydrogen-bond acceptors (Lipinski definition) is 2. The zero-order chi connectivity index (χ0) is 15.8. The van der Waals surface area contributed by atoms with Crippen LogP contribution in [0, 0.1) is 5.82 Å². The number of carbonyl (C=O) groups is 2. The maximum atomic E-state index is 14.2. The van der Waals surface area contributed by atoms with Crippen LogP contribution in [0.15, 0.2) is 22.7 Å². The number of para-hydroxylation sites is 1. The van der Waals surface area contributed by atoms with Gasteiger partial charge in [-0.3, -0.25) is 14.5 Å². The van der Waals surface area contributed by atoms with E-state index in [0.29, 0.717) is 17.3 Å². The fourth-order valence-corrected chi connectivity index (χ4v) is 3.05. The zero-order valence-electron chi connectivity index (χ0n) is 12.2. The Kier molecular flexibility index (Phi) is 4.37. The van der Waals surface area contributed by atoms with E-state index < -0.39 is 17.4 Å². The van der Waals surface area contributed by atoms with Crippen molar-refractivity contribution < 1.29 is 14.0 Å².